The Hall–Kier alpha value is -2.44. The number of hydrogen-bond donors (Lipinski definition) is 3. The third-order valence-corrected chi connectivity index (χ3v) is 4.83. The Morgan fingerprint density at radius 1 is 1.18 bits per heavy atom. The number of halogens is 1. The predicted molar refractivity (Wildman–Crippen MR) is 112 cm³/mol. The smallest absolute Gasteiger partial charge is 0.191 e. The van der Waals surface area contributed by atoms with Crippen LogP contribution >= 0.6 is 11.6 Å². The molecule has 3 N–H and O–H groups in total. The fourth-order valence-electron chi connectivity index (χ4n) is 3.03. The molecule has 7 heteroatoms. The van der Waals surface area contributed by atoms with Gasteiger partial charge in [-0.3, -0.25) is 4.99 Å². The van der Waals surface area contributed by atoms with Gasteiger partial charge in [-0.15, -0.1) is 0 Å². The molecule has 0 amide bonds. The van der Waals surface area contributed by atoms with E-state index in [0.717, 1.165) is 17.5 Å². The van der Waals surface area contributed by atoms with Crippen LogP contribution in [0, 0.1) is 0 Å². The number of rotatable bonds is 6. The highest BCUT2D eigenvalue weighted by atomic mass is 35.5. The van der Waals surface area contributed by atoms with E-state index in [1.807, 2.05) is 42.5 Å². The van der Waals surface area contributed by atoms with Gasteiger partial charge < -0.3 is 25.2 Å². The maximum absolute atomic E-state index is 9.70. The van der Waals surface area contributed by atoms with Crippen LogP contribution in [0.3, 0.4) is 0 Å². The van der Waals surface area contributed by atoms with Gasteiger partial charge in [0.05, 0.1) is 24.8 Å². The molecule has 3 rings (SSSR count). The molecule has 2 aromatic rings. The van der Waals surface area contributed by atoms with Gasteiger partial charge in [0.25, 0.3) is 0 Å². The number of ether oxygens (including phenoxy) is 2. The van der Waals surface area contributed by atoms with Crippen molar-refractivity contribution in [3.63, 3.8) is 0 Å². The molecular weight excluding hydrogens is 378 g/mol. The zero-order chi connectivity index (χ0) is 19.8. The molecule has 1 unspecified atom stereocenters. The van der Waals surface area contributed by atoms with Crippen LogP contribution in [0.25, 0.3) is 0 Å². The van der Waals surface area contributed by atoms with Crippen LogP contribution in [0.2, 0.25) is 5.02 Å². The van der Waals surface area contributed by atoms with Crippen molar-refractivity contribution >= 4 is 17.6 Å². The average Bonchev–Trinajstić information content (AvgIpc) is 2.97. The first-order valence-corrected chi connectivity index (χ1v) is 9.77. The number of guanidine groups is 1. The number of nitrogens with one attached hydrogen (secondary N) is 2. The van der Waals surface area contributed by atoms with E-state index < -0.39 is 0 Å². The van der Waals surface area contributed by atoms with Crippen LogP contribution in [0.1, 0.15) is 23.5 Å². The molecule has 0 aliphatic carbocycles. The summed E-state index contributed by atoms with van der Waals surface area (Å²) in [5.41, 5.74) is 2.06. The van der Waals surface area contributed by atoms with E-state index in [9.17, 15) is 5.11 Å². The molecule has 2 aromatic carbocycles. The molecule has 150 valence electrons. The van der Waals surface area contributed by atoms with Crippen molar-refractivity contribution < 1.29 is 14.6 Å². The van der Waals surface area contributed by atoms with Crippen LogP contribution in [0.15, 0.2) is 47.5 Å². The van der Waals surface area contributed by atoms with Crippen LogP contribution in [-0.2, 0) is 6.54 Å². The lowest BCUT2D eigenvalue weighted by atomic mass is 10.0. The first kappa shape index (κ1) is 20.3. The van der Waals surface area contributed by atoms with E-state index in [1.165, 1.54) is 0 Å². The molecule has 1 heterocycles. The quantitative estimate of drug-likeness (QED) is 0.510. The van der Waals surface area contributed by atoms with E-state index >= 15 is 0 Å². The van der Waals surface area contributed by atoms with Gasteiger partial charge in [0.2, 0.25) is 0 Å². The zero-order valence-electron chi connectivity index (χ0n) is 16.0. The lowest BCUT2D eigenvalue weighted by Crippen LogP contribution is -2.39. The minimum atomic E-state index is -0.00719. The first-order valence-electron chi connectivity index (χ1n) is 9.39. The summed E-state index contributed by atoms with van der Waals surface area (Å²) < 4.78 is 11.4. The third kappa shape index (κ3) is 5.30. The van der Waals surface area contributed by atoms with Crippen molar-refractivity contribution in [2.24, 2.45) is 4.99 Å². The van der Waals surface area contributed by atoms with Crippen LogP contribution in [0.4, 0.5) is 0 Å². The Balaban J connectivity index is 1.58. The van der Waals surface area contributed by atoms with Crippen molar-refractivity contribution in [3.8, 4) is 11.5 Å². The van der Waals surface area contributed by atoms with Gasteiger partial charge in [0.1, 0.15) is 0 Å². The standard InChI is InChI=1S/C21H26ClN3O3/c1-23-21(25-13-17(14-26)16-6-3-2-4-7-16)24-12-15-10-18(22)20-19(11-15)27-8-5-9-28-20/h2-4,6-7,10-11,17,26H,5,8-9,12-14H2,1H3,(H2,23,24,25). The lowest BCUT2D eigenvalue weighted by molar-refractivity contribution is 0.265. The number of aliphatic hydroxyl groups is 1. The van der Waals surface area contributed by atoms with Gasteiger partial charge in [-0.2, -0.15) is 0 Å². The second-order valence-electron chi connectivity index (χ2n) is 6.55. The predicted octanol–water partition coefficient (Wildman–Crippen LogP) is 2.94. The zero-order valence-corrected chi connectivity index (χ0v) is 16.7. The second kappa shape index (κ2) is 10.2. The van der Waals surface area contributed by atoms with E-state index in [1.54, 1.807) is 7.05 Å². The normalized spacial score (nSPS) is 14.9. The molecule has 0 saturated heterocycles. The maximum Gasteiger partial charge on any atom is 0.191 e. The molecular formula is C21H26ClN3O3. The Bertz CT molecular complexity index is 799. The Kier molecular flexibility index (Phi) is 7.39. The van der Waals surface area contributed by atoms with E-state index in [-0.39, 0.29) is 12.5 Å². The molecule has 1 aliphatic heterocycles. The topological polar surface area (TPSA) is 75.1 Å². The molecule has 6 nitrogen and oxygen atoms in total. The summed E-state index contributed by atoms with van der Waals surface area (Å²) >= 11 is 6.35. The van der Waals surface area contributed by atoms with Gasteiger partial charge in [-0.05, 0) is 23.3 Å². The molecule has 0 aromatic heterocycles. The van der Waals surface area contributed by atoms with Gasteiger partial charge in [-0.1, -0.05) is 41.9 Å². The largest absolute Gasteiger partial charge is 0.489 e. The van der Waals surface area contributed by atoms with E-state index in [4.69, 9.17) is 21.1 Å². The van der Waals surface area contributed by atoms with Gasteiger partial charge >= 0.3 is 0 Å². The molecule has 28 heavy (non-hydrogen) atoms. The minimum absolute atomic E-state index is 0.00719. The van der Waals surface area contributed by atoms with Gasteiger partial charge in [-0.25, -0.2) is 0 Å². The summed E-state index contributed by atoms with van der Waals surface area (Å²) in [5.74, 6) is 1.93. The monoisotopic (exact) mass is 403 g/mol. The first-order chi connectivity index (χ1) is 13.7. The second-order valence-corrected chi connectivity index (χ2v) is 6.96. The molecule has 0 bridgehead atoms. The number of benzene rings is 2. The van der Waals surface area contributed by atoms with Gasteiger partial charge in [0.15, 0.2) is 17.5 Å². The molecule has 1 atom stereocenters. The fourth-order valence-corrected chi connectivity index (χ4v) is 3.31. The molecule has 0 spiro atoms. The highest BCUT2D eigenvalue weighted by molar-refractivity contribution is 6.32. The SMILES string of the molecule is CN=C(NCc1cc(Cl)c2c(c1)OCCCO2)NCC(CO)c1ccccc1. The maximum atomic E-state index is 9.70. The molecule has 1 aliphatic rings. The summed E-state index contributed by atoms with van der Waals surface area (Å²) in [6.45, 7) is 2.39. The molecule has 0 saturated carbocycles. The molecule has 0 fully saturated rings. The number of aliphatic hydroxyl groups excluding tert-OH is 1. The summed E-state index contributed by atoms with van der Waals surface area (Å²) in [5, 5.41) is 16.8. The number of fused-ring (bicyclic) bond motifs is 1. The average molecular weight is 404 g/mol. The third-order valence-electron chi connectivity index (χ3n) is 4.55. The van der Waals surface area contributed by atoms with Crippen LogP contribution in [0.5, 0.6) is 11.5 Å². The summed E-state index contributed by atoms with van der Waals surface area (Å²) in [4.78, 5) is 4.25. The summed E-state index contributed by atoms with van der Waals surface area (Å²) in [6.07, 6.45) is 0.836. The lowest BCUT2D eigenvalue weighted by Gasteiger charge is -2.18. The van der Waals surface area contributed by atoms with Crippen LogP contribution < -0.4 is 20.1 Å². The molecule has 0 radical (unpaired) electrons. The van der Waals surface area contributed by atoms with Crippen molar-refractivity contribution in [3.05, 3.63) is 58.6 Å². The van der Waals surface area contributed by atoms with Crippen LogP contribution in [-0.4, -0.2) is 44.5 Å². The Morgan fingerprint density at radius 2 is 1.96 bits per heavy atom. The van der Waals surface area contributed by atoms with Crippen molar-refractivity contribution in [1.29, 1.82) is 0 Å². The number of aliphatic imine (C=N–C) groups is 1. The van der Waals surface area contributed by atoms with E-state index in [0.29, 0.717) is 48.8 Å². The number of hydrogen-bond acceptors (Lipinski definition) is 4. The number of nitrogens with zero attached hydrogens (tertiary/aromatic N) is 1. The van der Waals surface area contributed by atoms with Crippen molar-refractivity contribution in [1.82, 2.24) is 10.6 Å². The Labute approximate surface area is 170 Å². The fraction of sp³-hybridized carbons (Fsp3) is 0.381. The minimum Gasteiger partial charge on any atom is -0.489 e. The summed E-state index contributed by atoms with van der Waals surface area (Å²) in [6, 6.07) is 13.7. The van der Waals surface area contributed by atoms with Crippen molar-refractivity contribution in [2.45, 2.75) is 18.9 Å². The summed E-state index contributed by atoms with van der Waals surface area (Å²) in [7, 11) is 1.72. The Morgan fingerprint density at radius 3 is 2.71 bits per heavy atom. The highest BCUT2D eigenvalue weighted by Gasteiger charge is 2.16. The van der Waals surface area contributed by atoms with Gasteiger partial charge in [0, 0.05) is 32.5 Å². The highest BCUT2D eigenvalue weighted by Crippen LogP contribution is 2.37. The van der Waals surface area contributed by atoms with Crippen molar-refractivity contribution in [2.75, 3.05) is 33.4 Å². The van der Waals surface area contributed by atoms with E-state index in [2.05, 4.69) is 15.6 Å².